The van der Waals surface area contributed by atoms with Crippen molar-refractivity contribution in [2.75, 3.05) is 0 Å². The lowest BCUT2D eigenvalue weighted by Gasteiger charge is -2.34. The summed E-state index contributed by atoms with van der Waals surface area (Å²) in [7, 11) is -2.81. The van der Waals surface area contributed by atoms with Crippen molar-refractivity contribution in [3.8, 4) is 39.9 Å². The maximum absolute atomic E-state index is 6.56. The van der Waals surface area contributed by atoms with Crippen molar-refractivity contribution in [2.45, 2.75) is 0 Å². The fraction of sp³-hybridized carbons (Fsp3) is 0. The molecule has 9 aromatic carbocycles. The van der Waals surface area contributed by atoms with Crippen LogP contribution in [0.1, 0.15) is 0 Å². The van der Waals surface area contributed by atoms with E-state index in [1.807, 2.05) is 66.7 Å². The van der Waals surface area contributed by atoms with E-state index in [1.54, 1.807) is 0 Å². The van der Waals surface area contributed by atoms with Crippen LogP contribution in [0, 0.1) is 0 Å². The third kappa shape index (κ3) is 6.10. The van der Waals surface area contributed by atoms with Gasteiger partial charge < -0.3 is 8.98 Å². The minimum atomic E-state index is -2.81. The summed E-state index contributed by atoms with van der Waals surface area (Å²) in [5.41, 5.74) is 7.81. The number of fused-ring (bicyclic) bond motifs is 6. The fourth-order valence-electron chi connectivity index (χ4n) is 9.51. The zero-order chi connectivity index (χ0) is 41.7. The van der Waals surface area contributed by atoms with Crippen LogP contribution in [-0.2, 0) is 0 Å². The molecule has 0 saturated carbocycles. The third-order valence-electron chi connectivity index (χ3n) is 12.4. The van der Waals surface area contributed by atoms with E-state index in [9.17, 15) is 0 Å². The molecule has 0 fully saturated rings. The quantitative estimate of drug-likeness (QED) is 0.113. The van der Waals surface area contributed by atoms with Crippen LogP contribution < -0.4 is 20.7 Å². The summed E-state index contributed by atoms with van der Waals surface area (Å²) >= 11 is 0. The van der Waals surface area contributed by atoms with Gasteiger partial charge in [0.2, 0.25) is 0 Å². The lowest BCUT2D eigenvalue weighted by Crippen LogP contribution is -2.74. The average Bonchev–Trinajstić information content (AvgIpc) is 3.89. The van der Waals surface area contributed by atoms with Gasteiger partial charge in [-0.05, 0) is 69.3 Å². The second-order valence-corrected chi connectivity index (χ2v) is 19.8. The molecule has 3 aromatic heterocycles. The van der Waals surface area contributed by atoms with Gasteiger partial charge in [-0.2, -0.15) is 0 Å². The number of furan rings is 1. The molecule has 63 heavy (non-hydrogen) atoms. The van der Waals surface area contributed by atoms with Crippen LogP contribution in [0.25, 0.3) is 83.6 Å². The second kappa shape index (κ2) is 15.1. The molecule has 3 heterocycles. The predicted molar refractivity (Wildman–Crippen MR) is 261 cm³/mol. The van der Waals surface area contributed by atoms with Crippen molar-refractivity contribution in [3.63, 3.8) is 0 Å². The standard InChI is InChI=1S/C57H38N4OSi/c1-6-18-39(19-7-1)55-58-56(40-20-8-2-9-21-40)60-57(59-55)41-30-32-42(33-31-41)61-51-35-34-46(36-48(51)49-38-54-50(37-52(49)61)47-28-16-17-29-53(47)62-54)63(43-22-10-3-11-23-43,44-24-12-4-13-25-44)45-26-14-5-15-27-45/h1-38H. The molecule has 0 amide bonds. The van der Waals surface area contributed by atoms with E-state index in [2.05, 4.69) is 168 Å². The van der Waals surface area contributed by atoms with Crippen molar-refractivity contribution in [1.29, 1.82) is 0 Å². The maximum atomic E-state index is 6.56. The van der Waals surface area contributed by atoms with Crippen molar-refractivity contribution in [3.05, 3.63) is 231 Å². The van der Waals surface area contributed by atoms with Gasteiger partial charge in [0.25, 0.3) is 0 Å². The largest absolute Gasteiger partial charge is 0.456 e. The lowest BCUT2D eigenvalue weighted by atomic mass is 10.1. The molecule has 0 unspecified atom stereocenters. The maximum Gasteiger partial charge on any atom is 0.179 e. The molecule has 0 aliphatic carbocycles. The highest BCUT2D eigenvalue weighted by Gasteiger charge is 2.41. The van der Waals surface area contributed by atoms with Crippen molar-refractivity contribution in [1.82, 2.24) is 19.5 Å². The summed E-state index contributed by atoms with van der Waals surface area (Å²) in [6, 6.07) is 82.2. The molecule has 0 aliphatic rings. The predicted octanol–water partition coefficient (Wildman–Crippen LogP) is 11.2. The van der Waals surface area contributed by atoms with Crippen LogP contribution in [0.4, 0.5) is 0 Å². The van der Waals surface area contributed by atoms with E-state index in [1.165, 1.54) is 26.1 Å². The molecule has 0 aliphatic heterocycles. The molecule has 0 spiro atoms. The first kappa shape index (κ1) is 36.6. The molecule has 12 rings (SSSR count). The topological polar surface area (TPSA) is 56.7 Å². The molecular formula is C57H38N4OSi. The van der Waals surface area contributed by atoms with Gasteiger partial charge in [0.15, 0.2) is 25.5 Å². The molecule has 12 aromatic rings. The van der Waals surface area contributed by atoms with Crippen molar-refractivity contribution >= 4 is 72.6 Å². The highest BCUT2D eigenvalue weighted by atomic mass is 28.3. The van der Waals surface area contributed by atoms with Gasteiger partial charge in [-0.15, -0.1) is 0 Å². The Morgan fingerprint density at radius 2 is 0.778 bits per heavy atom. The van der Waals surface area contributed by atoms with Gasteiger partial charge in [-0.3, -0.25) is 0 Å². The van der Waals surface area contributed by atoms with Crippen LogP contribution >= 0.6 is 0 Å². The molecule has 5 nitrogen and oxygen atoms in total. The van der Waals surface area contributed by atoms with E-state index in [4.69, 9.17) is 19.4 Å². The highest BCUT2D eigenvalue weighted by molar-refractivity contribution is 7.20. The number of hydrogen-bond donors (Lipinski definition) is 0. The molecule has 0 bridgehead atoms. The van der Waals surface area contributed by atoms with Gasteiger partial charge in [-0.1, -0.05) is 182 Å². The third-order valence-corrected chi connectivity index (χ3v) is 17.2. The van der Waals surface area contributed by atoms with E-state index in [0.29, 0.717) is 17.5 Å². The van der Waals surface area contributed by atoms with Gasteiger partial charge in [0, 0.05) is 43.9 Å². The number of hydrogen-bond acceptors (Lipinski definition) is 4. The SMILES string of the molecule is c1ccc(-c2nc(-c3ccccc3)nc(-c3ccc(-n4c5ccc([Si](c6ccccc6)(c6ccccc6)c6ccccc6)cc5c5cc6oc7ccccc7c6cc54)cc3)n2)cc1. The molecule has 6 heteroatoms. The van der Waals surface area contributed by atoms with E-state index >= 15 is 0 Å². The summed E-state index contributed by atoms with van der Waals surface area (Å²) in [5, 5.41) is 9.83. The molecule has 296 valence electrons. The second-order valence-electron chi connectivity index (χ2n) is 16.0. The van der Waals surface area contributed by atoms with Gasteiger partial charge in [-0.25, -0.2) is 15.0 Å². The van der Waals surface area contributed by atoms with Crippen LogP contribution in [0.15, 0.2) is 235 Å². The molecular weight excluding hydrogens is 785 g/mol. The van der Waals surface area contributed by atoms with Gasteiger partial charge in [0.1, 0.15) is 11.2 Å². The minimum absolute atomic E-state index is 0.622. The number of benzene rings is 9. The Morgan fingerprint density at radius 1 is 0.317 bits per heavy atom. The fourth-order valence-corrected chi connectivity index (χ4v) is 14.3. The first-order valence-electron chi connectivity index (χ1n) is 21.3. The number of para-hydroxylation sites is 1. The molecule has 0 atom stereocenters. The Balaban J connectivity index is 1.09. The lowest BCUT2D eigenvalue weighted by molar-refractivity contribution is 0.669. The summed E-state index contributed by atoms with van der Waals surface area (Å²) in [6.07, 6.45) is 0. The highest BCUT2D eigenvalue weighted by Crippen LogP contribution is 2.38. The van der Waals surface area contributed by atoms with Gasteiger partial charge in [0.05, 0.1) is 11.0 Å². The molecule has 0 N–H and O–H groups in total. The summed E-state index contributed by atoms with van der Waals surface area (Å²) < 4.78 is 8.96. The van der Waals surface area contributed by atoms with Crippen LogP contribution in [0.5, 0.6) is 0 Å². The molecule has 0 saturated heterocycles. The van der Waals surface area contributed by atoms with E-state index < -0.39 is 8.07 Å². The van der Waals surface area contributed by atoms with Gasteiger partial charge >= 0.3 is 0 Å². The monoisotopic (exact) mass is 822 g/mol. The Hall–Kier alpha value is -8.19. The summed E-state index contributed by atoms with van der Waals surface area (Å²) in [4.78, 5) is 15.0. The zero-order valence-corrected chi connectivity index (χ0v) is 35.1. The molecule has 0 radical (unpaired) electrons. The smallest absolute Gasteiger partial charge is 0.179 e. The van der Waals surface area contributed by atoms with Crippen LogP contribution in [0.3, 0.4) is 0 Å². The number of rotatable bonds is 8. The van der Waals surface area contributed by atoms with Crippen molar-refractivity contribution in [2.24, 2.45) is 0 Å². The van der Waals surface area contributed by atoms with Crippen LogP contribution in [0.2, 0.25) is 0 Å². The van der Waals surface area contributed by atoms with Crippen molar-refractivity contribution < 1.29 is 4.42 Å². The van der Waals surface area contributed by atoms with E-state index in [0.717, 1.165) is 60.7 Å². The van der Waals surface area contributed by atoms with Crippen LogP contribution in [-0.4, -0.2) is 27.6 Å². The first-order chi connectivity index (χ1) is 31.2. The normalized spacial score (nSPS) is 11.8. The number of aromatic nitrogens is 4. The average molecular weight is 823 g/mol. The summed E-state index contributed by atoms with van der Waals surface area (Å²) in [5.74, 6) is 1.90. The number of nitrogens with zero attached hydrogens (tertiary/aromatic N) is 4. The Labute approximate surface area is 365 Å². The Morgan fingerprint density at radius 3 is 1.32 bits per heavy atom. The Bertz CT molecular complexity index is 3440. The summed E-state index contributed by atoms with van der Waals surface area (Å²) in [6.45, 7) is 0. The van der Waals surface area contributed by atoms with E-state index in [-0.39, 0.29) is 0 Å². The minimum Gasteiger partial charge on any atom is -0.456 e. The first-order valence-corrected chi connectivity index (χ1v) is 23.3. The zero-order valence-electron chi connectivity index (χ0n) is 34.1. The Kier molecular flexibility index (Phi) is 8.76.